The molecule has 1 heterocycles. The number of ether oxygens (including phenoxy) is 2. The third-order valence-corrected chi connectivity index (χ3v) is 3.41. The maximum Gasteiger partial charge on any atom is 0.411 e. The van der Waals surface area contributed by atoms with Crippen molar-refractivity contribution in [3.63, 3.8) is 0 Å². The number of hydrogen-bond donors (Lipinski definition) is 1. The second-order valence-electron chi connectivity index (χ2n) is 5.27. The second kappa shape index (κ2) is 7.98. The molecule has 0 atom stereocenters. The Morgan fingerprint density at radius 3 is 2.69 bits per heavy atom. The fourth-order valence-electron chi connectivity index (χ4n) is 2.24. The highest BCUT2D eigenvalue weighted by Crippen LogP contribution is 2.19. The number of carbonyl (C=O) groups is 2. The maximum atomic E-state index is 12.3. The van der Waals surface area contributed by atoms with E-state index in [0.29, 0.717) is 17.0 Å². The average Bonchev–Trinajstić information content (AvgIpc) is 3.13. The molecule has 3 aromatic rings. The van der Waals surface area contributed by atoms with Crippen molar-refractivity contribution in [3.05, 3.63) is 72.6 Å². The molecule has 132 valence electrons. The number of benzene rings is 2. The number of anilines is 1. The predicted molar refractivity (Wildman–Crippen MR) is 95.6 cm³/mol. The van der Waals surface area contributed by atoms with E-state index in [1.54, 1.807) is 36.0 Å². The Kier molecular flexibility index (Phi) is 5.28. The highest BCUT2D eigenvalue weighted by molar-refractivity contribution is 5.91. The van der Waals surface area contributed by atoms with Crippen molar-refractivity contribution in [3.8, 4) is 11.4 Å². The monoisotopic (exact) mass is 351 g/mol. The Morgan fingerprint density at radius 1 is 1.12 bits per heavy atom. The molecule has 7 heteroatoms. The zero-order valence-electron chi connectivity index (χ0n) is 14.1. The topological polar surface area (TPSA) is 82.4 Å². The van der Waals surface area contributed by atoms with Gasteiger partial charge >= 0.3 is 12.1 Å². The van der Waals surface area contributed by atoms with Crippen LogP contribution >= 0.6 is 0 Å². The molecule has 7 nitrogen and oxygen atoms in total. The largest absolute Gasteiger partial charge is 0.450 e. The quantitative estimate of drug-likeness (QED) is 0.560. The fourth-order valence-corrected chi connectivity index (χ4v) is 2.24. The zero-order chi connectivity index (χ0) is 18.4. The zero-order valence-corrected chi connectivity index (χ0v) is 14.1. The molecule has 0 saturated carbocycles. The van der Waals surface area contributed by atoms with Gasteiger partial charge in [0.15, 0.2) is 0 Å². The molecule has 0 aliphatic rings. The molecule has 0 radical (unpaired) electrons. The lowest BCUT2D eigenvalue weighted by atomic mass is 10.3. The van der Waals surface area contributed by atoms with Crippen LogP contribution in [0, 0.1) is 0 Å². The van der Waals surface area contributed by atoms with Crippen LogP contribution in [-0.4, -0.2) is 28.4 Å². The van der Waals surface area contributed by atoms with Crippen LogP contribution in [0.2, 0.25) is 0 Å². The van der Waals surface area contributed by atoms with E-state index >= 15 is 0 Å². The molecule has 1 amide bonds. The number of para-hydroxylation sites is 1. The highest BCUT2D eigenvalue weighted by atomic mass is 16.5. The van der Waals surface area contributed by atoms with E-state index in [1.165, 1.54) is 12.3 Å². The molecule has 0 fully saturated rings. The molecule has 26 heavy (non-hydrogen) atoms. The minimum Gasteiger partial charge on any atom is -0.450 e. The van der Waals surface area contributed by atoms with E-state index in [4.69, 9.17) is 9.47 Å². The van der Waals surface area contributed by atoms with Crippen molar-refractivity contribution in [2.75, 3.05) is 11.9 Å². The van der Waals surface area contributed by atoms with Gasteiger partial charge in [0.1, 0.15) is 5.75 Å². The summed E-state index contributed by atoms with van der Waals surface area (Å²) in [7, 11) is 0. The summed E-state index contributed by atoms with van der Waals surface area (Å²) >= 11 is 0. The van der Waals surface area contributed by atoms with Gasteiger partial charge in [-0.05, 0) is 31.2 Å². The lowest BCUT2D eigenvalue weighted by Gasteiger charge is -2.07. The Bertz CT molecular complexity index is 906. The number of nitrogens with one attached hydrogen (secondary N) is 1. The van der Waals surface area contributed by atoms with E-state index in [2.05, 4.69) is 10.4 Å². The number of hydrogen-bond acceptors (Lipinski definition) is 5. The van der Waals surface area contributed by atoms with Gasteiger partial charge < -0.3 is 9.47 Å². The highest BCUT2D eigenvalue weighted by Gasteiger charge is 2.13. The summed E-state index contributed by atoms with van der Waals surface area (Å²) in [5.74, 6) is -0.239. The van der Waals surface area contributed by atoms with Gasteiger partial charge in [-0.25, -0.2) is 14.3 Å². The Balaban J connectivity index is 1.69. The molecule has 0 aliphatic heterocycles. The van der Waals surface area contributed by atoms with E-state index in [0.717, 1.165) is 5.69 Å². The molecule has 0 saturated heterocycles. The van der Waals surface area contributed by atoms with Gasteiger partial charge in [-0.15, -0.1) is 0 Å². The smallest absolute Gasteiger partial charge is 0.411 e. The van der Waals surface area contributed by atoms with Crippen LogP contribution in [0.1, 0.15) is 17.3 Å². The summed E-state index contributed by atoms with van der Waals surface area (Å²) in [5.41, 5.74) is 1.62. The molecule has 0 bridgehead atoms. The molecule has 1 N–H and O–H groups in total. The number of amides is 1. The standard InChI is InChI=1S/C19H17N3O4/c1-2-25-19(24)21-15-7-6-10-17(11-15)26-18(23)14-12-20-22(13-14)16-8-4-3-5-9-16/h3-13H,2H2,1H3,(H,21,24). The summed E-state index contributed by atoms with van der Waals surface area (Å²) in [6.45, 7) is 1.99. The van der Waals surface area contributed by atoms with Gasteiger partial charge in [0.05, 0.1) is 24.1 Å². The molecule has 0 aliphatic carbocycles. The van der Waals surface area contributed by atoms with Gasteiger partial charge in [-0.3, -0.25) is 5.32 Å². The fraction of sp³-hybridized carbons (Fsp3) is 0.105. The Hall–Kier alpha value is -3.61. The van der Waals surface area contributed by atoms with E-state index in [9.17, 15) is 9.59 Å². The van der Waals surface area contributed by atoms with Crippen LogP contribution in [-0.2, 0) is 4.74 Å². The number of rotatable bonds is 5. The molecule has 3 rings (SSSR count). The minimum atomic E-state index is -0.569. The number of esters is 1. The first-order valence-electron chi connectivity index (χ1n) is 8.02. The number of nitrogens with zero attached hydrogens (tertiary/aromatic N) is 2. The summed E-state index contributed by atoms with van der Waals surface area (Å²) in [5, 5.41) is 6.72. The first-order valence-corrected chi connectivity index (χ1v) is 8.02. The lowest BCUT2D eigenvalue weighted by Crippen LogP contribution is -2.13. The van der Waals surface area contributed by atoms with Gasteiger partial charge in [-0.2, -0.15) is 5.10 Å². The Morgan fingerprint density at radius 2 is 1.92 bits per heavy atom. The first-order chi connectivity index (χ1) is 12.7. The number of aromatic nitrogens is 2. The van der Waals surface area contributed by atoms with Crippen LogP contribution < -0.4 is 10.1 Å². The Labute approximate surface area is 150 Å². The third-order valence-electron chi connectivity index (χ3n) is 3.41. The van der Waals surface area contributed by atoms with E-state index < -0.39 is 12.1 Å². The van der Waals surface area contributed by atoms with Crippen molar-refractivity contribution in [2.45, 2.75) is 6.92 Å². The molecule has 0 spiro atoms. The van der Waals surface area contributed by atoms with E-state index in [-0.39, 0.29) is 6.61 Å². The van der Waals surface area contributed by atoms with E-state index in [1.807, 2.05) is 30.3 Å². The summed E-state index contributed by atoms with van der Waals surface area (Å²) < 4.78 is 11.8. The van der Waals surface area contributed by atoms with Crippen LogP contribution in [0.4, 0.5) is 10.5 Å². The van der Waals surface area contributed by atoms with Crippen LogP contribution in [0.3, 0.4) is 0 Å². The second-order valence-corrected chi connectivity index (χ2v) is 5.27. The lowest BCUT2D eigenvalue weighted by molar-refractivity contribution is 0.0735. The van der Waals surface area contributed by atoms with Gasteiger partial charge in [0.2, 0.25) is 0 Å². The molecule has 0 unspecified atom stereocenters. The third kappa shape index (κ3) is 4.27. The van der Waals surface area contributed by atoms with Crippen molar-refractivity contribution in [1.82, 2.24) is 9.78 Å². The van der Waals surface area contributed by atoms with Crippen molar-refractivity contribution in [2.24, 2.45) is 0 Å². The van der Waals surface area contributed by atoms with Gasteiger partial charge in [-0.1, -0.05) is 24.3 Å². The van der Waals surface area contributed by atoms with Crippen molar-refractivity contribution < 1.29 is 19.1 Å². The summed E-state index contributed by atoms with van der Waals surface area (Å²) in [6, 6.07) is 15.9. The van der Waals surface area contributed by atoms with Crippen molar-refractivity contribution in [1.29, 1.82) is 0 Å². The molecular weight excluding hydrogens is 334 g/mol. The summed E-state index contributed by atoms with van der Waals surface area (Å²) in [4.78, 5) is 23.8. The average molecular weight is 351 g/mol. The first kappa shape index (κ1) is 17.2. The van der Waals surface area contributed by atoms with Crippen molar-refractivity contribution >= 4 is 17.7 Å². The molecular formula is C19H17N3O4. The molecule has 2 aromatic carbocycles. The van der Waals surface area contributed by atoms with Gasteiger partial charge in [0.25, 0.3) is 0 Å². The minimum absolute atomic E-state index is 0.270. The summed E-state index contributed by atoms with van der Waals surface area (Å²) in [6.07, 6.45) is 2.47. The van der Waals surface area contributed by atoms with Crippen LogP contribution in [0.25, 0.3) is 5.69 Å². The SMILES string of the molecule is CCOC(=O)Nc1cccc(OC(=O)c2cnn(-c3ccccc3)c2)c1. The maximum absolute atomic E-state index is 12.3. The number of carbonyl (C=O) groups excluding carboxylic acids is 2. The normalized spacial score (nSPS) is 10.2. The molecule has 1 aromatic heterocycles. The van der Waals surface area contributed by atoms with Crippen LogP contribution in [0.15, 0.2) is 67.0 Å². The van der Waals surface area contributed by atoms with Gasteiger partial charge in [0, 0.05) is 18.0 Å². The predicted octanol–water partition coefficient (Wildman–Crippen LogP) is 3.66. The van der Waals surface area contributed by atoms with Crippen LogP contribution in [0.5, 0.6) is 5.75 Å².